The second kappa shape index (κ2) is 4.09. The minimum absolute atomic E-state index is 0.505. The lowest BCUT2D eigenvalue weighted by molar-refractivity contribution is -0.0206. The molecule has 1 N–H and O–H groups in total. The summed E-state index contributed by atoms with van der Waals surface area (Å²) >= 11 is 0. The van der Waals surface area contributed by atoms with Crippen LogP contribution in [-0.2, 0) is 6.54 Å². The van der Waals surface area contributed by atoms with E-state index in [2.05, 4.69) is 35.6 Å². The lowest BCUT2D eigenvalue weighted by Gasteiger charge is -2.57. The van der Waals surface area contributed by atoms with E-state index >= 15 is 0 Å². The number of hydrogen-bond acceptors (Lipinski definition) is 1. The normalized spacial score (nSPS) is 41.2. The quantitative estimate of drug-likeness (QED) is 0.850. The highest BCUT2D eigenvalue weighted by atomic mass is 15.0. The highest BCUT2D eigenvalue weighted by Crippen LogP contribution is 2.55. The van der Waals surface area contributed by atoms with Crippen molar-refractivity contribution in [3.63, 3.8) is 0 Å². The summed E-state index contributed by atoms with van der Waals surface area (Å²) in [6, 6.07) is 10.9. The van der Waals surface area contributed by atoms with Gasteiger partial charge in [0, 0.05) is 12.1 Å². The summed E-state index contributed by atoms with van der Waals surface area (Å²) in [5, 5.41) is 3.94. The molecule has 0 radical (unpaired) electrons. The van der Waals surface area contributed by atoms with Gasteiger partial charge >= 0.3 is 0 Å². The Morgan fingerprint density at radius 2 is 1.44 bits per heavy atom. The first-order chi connectivity index (χ1) is 8.81. The van der Waals surface area contributed by atoms with Crippen molar-refractivity contribution in [3.8, 4) is 0 Å². The van der Waals surface area contributed by atoms with E-state index in [1.807, 2.05) is 0 Å². The molecule has 0 amide bonds. The second-order valence-electron chi connectivity index (χ2n) is 7.04. The Hall–Kier alpha value is -0.820. The predicted octanol–water partition coefficient (Wildman–Crippen LogP) is 3.75. The van der Waals surface area contributed by atoms with E-state index in [9.17, 15) is 0 Å². The van der Waals surface area contributed by atoms with Crippen molar-refractivity contribution in [1.29, 1.82) is 0 Å². The van der Waals surface area contributed by atoms with Gasteiger partial charge in [0.05, 0.1) is 0 Å². The first-order valence-corrected chi connectivity index (χ1v) is 7.60. The molecule has 4 aliphatic rings. The van der Waals surface area contributed by atoms with Gasteiger partial charge in [0.15, 0.2) is 0 Å². The van der Waals surface area contributed by atoms with Gasteiger partial charge in [-0.15, -0.1) is 0 Å². The minimum Gasteiger partial charge on any atom is -0.307 e. The summed E-state index contributed by atoms with van der Waals surface area (Å²) in [7, 11) is 0. The standard InChI is InChI=1S/C17H23N/c1-2-4-13(5-3-1)12-18-17-9-14-6-15(10-17)8-16(7-14)11-17/h1-5,14-16,18H,6-12H2. The average Bonchev–Trinajstić information content (AvgIpc) is 2.36. The van der Waals surface area contributed by atoms with Crippen LogP contribution in [0.25, 0.3) is 0 Å². The Bertz CT molecular complexity index is 387. The third-order valence-corrected chi connectivity index (χ3v) is 5.55. The maximum absolute atomic E-state index is 3.94. The van der Waals surface area contributed by atoms with Gasteiger partial charge in [0.1, 0.15) is 0 Å². The number of benzene rings is 1. The van der Waals surface area contributed by atoms with Crippen LogP contribution in [0, 0.1) is 17.8 Å². The SMILES string of the molecule is c1ccc(CNC23CC4CC(CC(C4)C2)C3)cc1. The second-order valence-corrected chi connectivity index (χ2v) is 7.04. The molecule has 4 bridgehead atoms. The van der Waals surface area contributed by atoms with Crippen molar-refractivity contribution in [2.24, 2.45) is 17.8 Å². The topological polar surface area (TPSA) is 12.0 Å². The summed E-state index contributed by atoms with van der Waals surface area (Å²) in [4.78, 5) is 0. The number of rotatable bonds is 3. The van der Waals surface area contributed by atoms with E-state index < -0.39 is 0 Å². The van der Waals surface area contributed by atoms with Gasteiger partial charge in [-0.05, 0) is 61.8 Å². The summed E-state index contributed by atoms with van der Waals surface area (Å²) in [6.45, 7) is 1.06. The number of nitrogens with one attached hydrogen (secondary N) is 1. The van der Waals surface area contributed by atoms with Crippen molar-refractivity contribution in [1.82, 2.24) is 5.32 Å². The van der Waals surface area contributed by atoms with E-state index in [-0.39, 0.29) is 0 Å². The van der Waals surface area contributed by atoms with Crippen LogP contribution in [0.1, 0.15) is 44.1 Å². The van der Waals surface area contributed by atoms with Crippen molar-refractivity contribution in [3.05, 3.63) is 35.9 Å². The maximum Gasteiger partial charge on any atom is 0.0210 e. The first-order valence-electron chi connectivity index (χ1n) is 7.60. The van der Waals surface area contributed by atoms with E-state index in [0.29, 0.717) is 5.54 Å². The molecule has 0 aliphatic heterocycles. The molecule has 96 valence electrons. The van der Waals surface area contributed by atoms with Crippen molar-refractivity contribution < 1.29 is 0 Å². The van der Waals surface area contributed by atoms with E-state index in [0.717, 1.165) is 24.3 Å². The maximum atomic E-state index is 3.94. The van der Waals surface area contributed by atoms with Gasteiger partial charge in [0.2, 0.25) is 0 Å². The first kappa shape index (κ1) is 11.0. The van der Waals surface area contributed by atoms with Gasteiger partial charge < -0.3 is 5.32 Å². The molecule has 0 saturated heterocycles. The van der Waals surface area contributed by atoms with Crippen molar-refractivity contribution >= 4 is 0 Å². The van der Waals surface area contributed by atoms with Crippen LogP contribution >= 0.6 is 0 Å². The van der Waals surface area contributed by atoms with Gasteiger partial charge in [-0.25, -0.2) is 0 Å². The molecule has 0 aromatic heterocycles. The number of hydrogen-bond donors (Lipinski definition) is 1. The van der Waals surface area contributed by atoms with Crippen LogP contribution in [0.2, 0.25) is 0 Å². The van der Waals surface area contributed by atoms with Gasteiger partial charge in [-0.2, -0.15) is 0 Å². The highest BCUT2D eigenvalue weighted by molar-refractivity contribution is 5.15. The van der Waals surface area contributed by atoms with E-state index in [1.54, 1.807) is 0 Å². The molecule has 1 nitrogen and oxygen atoms in total. The molecular weight excluding hydrogens is 218 g/mol. The Morgan fingerprint density at radius 1 is 0.889 bits per heavy atom. The zero-order valence-electron chi connectivity index (χ0n) is 11.1. The largest absolute Gasteiger partial charge is 0.307 e. The molecule has 1 aromatic carbocycles. The molecule has 5 rings (SSSR count). The fourth-order valence-corrected chi connectivity index (χ4v) is 5.21. The van der Waals surface area contributed by atoms with Crippen LogP contribution in [0.5, 0.6) is 0 Å². The Balaban J connectivity index is 1.48. The van der Waals surface area contributed by atoms with Gasteiger partial charge in [-0.1, -0.05) is 30.3 Å². The molecule has 0 atom stereocenters. The third kappa shape index (κ3) is 1.89. The van der Waals surface area contributed by atoms with Crippen molar-refractivity contribution in [2.75, 3.05) is 0 Å². The minimum atomic E-state index is 0.505. The molecule has 4 saturated carbocycles. The van der Waals surface area contributed by atoms with E-state index in [4.69, 9.17) is 0 Å². The lowest BCUT2D eigenvalue weighted by Crippen LogP contribution is -2.58. The zero-order chi connectivity index (χ0) is 12.0. The molecule has 4 fully saturated rings. The lowest BCUT2D eigenvalue weighted by atomic mass is 9.53. The molecule has 1 heteroatoms. The summed E-state index contributed by atoms with van der Waals surface area (Å²) in [5.41, 5.74) is 1.94. The molecule has 18 heavy (non-hydrogen) atoms. The summed E-state index contributed by atoms with van der Waals surface area (Å²) in [5.74, 6) is 3.12. The predicted molar refractivity (Wildman–Crippen MR) is 74.2 cm³/mol. The van der Waals surface area contributed by atoms with Gasteiger partial charge in [-0.3, -0.25) is 0 Å². The van der Waals surface area contributed by atoms with Crippen LogP contribution < -0.4 is 5.32 Å². The fourth-order valence-electron chi connectivity index (χ4n) is 5.21. The zero-order valence-corrected chi connectivity index (χ0v) is 11.1. The fraction of sp³-hybridized carbons (Fsp3) is 0.647. The molecule has 0 heterocycles. The monoisotopic (exact) mass is 241 g/mol. The molecular formula is C17H23N. The summed E-state index contributed by atoms with van der Waals surface area (Å²) in [6.07, 6.45) is 8.95. The van der Waals surface area contributed by atoms with Crippen molar-refractivity contribution in [2.45, 2.75) is 50.6 Å². The van der Waals surface area contributed by atoms with Gasteiger partial charge in [0.25, 0.3) is 0 Å². The average molecular weight is 241 g/mol. The van der Waals surface area contributed by atoms with Crippen LogP contribution in [-0.4, -0.2) is 5.54 Å². The van der Waals surface area contributed by atoms with Crippen LogP contribution in [0.4, 0.5) is 0 Å². The molecule has 0 unspecified atom stereocenters. The summed E-state index contributed by atoms with van der Waals surface area (Å²) < 4.78 is 0. The molecule has 0 spiro atoms. The highest BCUT2D eigenvalue weighted by Gasteiger charge is 2.50. The molecule has 4 aliphatic carbocycles. The smallest absolute Gasteiger partial charge is 0.0210 e. The van der Waals surface area contributed by atoms with Crippen LogP contribution in [0.15, 0.2) is 30.3 Å². The Kier molecular flexibility index (Phi) is 2.51. The van der Waals surface area contributed by atoms with Crippen LogP contribution in [0.3, 0.4) is 0 Å². The third-order valence-electron chi connectivity index (χ3n) is 5.55. The Labute approximate surface area is 110 Å². The van der Waals surface area contributed by atoms with E-state index in [1.165, 1.54) is 44.1 Å². The Morgan fingerprint density at radius 3 is 2.00 bits per heavy atom. The molecule has 1 aromatic rings.